The molecule has 0 radical (unpaired) electrons. The summed E-state index contributed by atoms with van der Waals surface area (Å²) in [5.41, 5.74) is 1.06. The van der Waals surface area contributed by atoms with Crippen molar-refractivity contribution >= 4 is 11.5 Å². The van der Waals surface area contributed by atoms with E-state index in [0.717, 1.165) is 12.3 Å². The highest BCUT2D eigenvalue weighted by Gasteiger charge is 2.37. The van der Waals surface area contributed by atoms with Gasteiger partial charge in [0.05, 0.1) is 6.54 Å². The van der Waals surface area contributed by atoms with E-state index in [9.17, 15) is 13.2 Å². The van der Waals surface area contributed by atoms with Crippen LogP contribution in [0.5, 0.6) is 0 Å². The maximum atomic E-state index is 12.5. The van der Waals surface area contributed by atoms with Crippen LogP contribution in [0, 0.1) is 5.92 Å². The first kappa shape index (κ1) is 13.3. The van der Waals surface area contributed by atoms with E-state index in [1.54, 1.807) is 0 Å². The Morgan fingerprint density at radius 3 is 2.35 bits per heavy atom. The molecular weight excluding hydrogens is 265 g/mol. The Bertz CT molecular complexity index is 551. The number of aliphatic imine (C=N–C) groups is 2. The van der Waals surface area contributed by atoms with Gasteiger partial charge in [-0.05, 0) is 24.3 Å². The van der Waals surface area contributed by atoms with Crippen LogP contribution < -0.4 is 0 Å². The van der Waals surface area contributed by atoms with Gasteiger partial charge in [-0.3, -0.25) is 4.99 Å². The molecule has 1 aliphatic carbocycles. The molecule has 2 nitrogen and oxygen atoms in total. The molecule has 1 heterocycles. The molecular formula is C15H15F3N2. The molecule has 1 aliphatic heterocycles. The second-order valence-corrected chi connectivity index (χ2v) is 5.38. The van der Waals surface area contributed by atoms with Crippen molar-refractivity contribution in [2.75, 3.05) is 6.54 Å². The highest BCUT2D eigenvalue weighted by Crippen LogP contribution is 2.33. The van der Waals surface area contributed by atoms with E-state index in [-0.39, 0.29) is 12.4 Å². The summed E-state index contributed by atoms with van der Waals surface area (Å²) in [6, 6.07) is 7.54. The van der Waals surface area contributed by atoms with Crippen molar-refractivity contribution < 1.29 is 13.2 Å². The fraction of sp³-hybridized carbons (Fsp3) is 0.467. The molecule has 20 heavy (non-hydrogen) atoms. The van der Waals surface area contributed by atoms with E-state index in [1.165, 1.54) is 24.8 Å². The Kier molecular flexibility index (Phi) is 3.36. The average Bonchev–Trinajstić information content (AvgIpc) is 3.09. The summed E-state index contributed by atoms with van der Waals surface area (Å²) in [6.07, 6.45) is 0.536. The quantitative estimate of drug-likeness (QED) is 0.801. The lowest BCUT2D eigenvalue weighted by Gasteiger charge is -2.04. The van der Waals surface area contributed by atoms with Crippen LogP contribution in [0.15, 0.2) is 34.3 Å². The molecule has 3 rings (SSSR count). The van der Waals surface area contributed by atoms with Crippen molar-refractivity contribution in [3.8, 4) is 0 Å². The summed E-state index contributed by atoms with van der Waals surface area (Å²) < 4.78 is 37.5. The van der Waals surface area contributed by atoms with Gasteiger partial charge in [-0.1, -0.05) is 37.1 Å². The van der Waals surface area contributed by atoms with Gasteiger partial charge in [0.2, 0.25) is 0 Å². The average molecular weight is 280 g/mol. The summed E-state index contributed by atoms with van der Waals surface area (Å²) in [7, 11) is 0. The normalized spacial score (nSPS) is 18.9. The number of halogens is 3. The monoisotopic (exact) mass is 280 g/mol. The third-order valence-corrected chi connectivity index (χ3v) is 3.70. The first-order valence-electron chi connectivity index (χ1n) is 6.81. The van der Waals surface area contributed by atoms with Crippen LogP contribution >= 0.6 is 0 Å². The molecule has 0 atom stereocenters. The SMILES string of the molecule is FC(F)(F)C1=NC(c2ccc(CCC3CC3)cc2)=NC1. The lowest BCUT2D eigenvalue weighted by atomic mass is 10.1. The topological polar surface area (TPSA) is 24.7 Å². The van der Waals surface area contributed by atoms with Crippen LogP contribution in [0.1, 0.15) is 30.4 Å². The van der Waals surface area contributed by atoms with E-state index < -0.39 is 11.9 Å². The maximum Gasteiger partial charge on any atom is 0.431 e. The summed E-state index contributed by atoms with van der Waals surface area (Å²) >= 11 is 0. The number of hydrogen-bond acceptors (Lipinski definition) is 2. The Hall–Kier alpha value is -1.65. The highest BCUT2D eigenvalue weighted by molar-refractivity contribution is 6.13. The zero-order valence-corrected chi connectivity index (χ0v) is 11.0. The Balaban J connectivity index is 1.67. The number of benzene rings is 1. The standard InChI is InChI=1S/C15H15F3N2/c16-15(17,18)13-9-19-14(20-13)12-7-5-11(6-8-12)4-3-10-1-2-10/h5-8,10H,1-4,9H2. The molecule has 0 amide bonds. The summed E-state index contributed by atoms with van der Waals surface area (Å²) in [6.45, 7) is -0.373. The molecule has 0 bridgehead atoms. The van der Waals surface area contributed by atoms with Gasteiger partial charge >= 0.3 is 6.18 Å². The maximum absolute atomic E-state index is 12.5. The molecule has 106 valence electrons. The predicted octanol–water partition coefficient (Wildman–Crippen LogP) is 3.79. The van der Waals surface area contributed by atoms with Crippen molar-refractivity contribution in [1.29, 1.82) is 0 Å². The van der Waals surface area contributed by atoms with E-state index in [1.807, 2.05) is 24.3 Å². The number of hydrogen-bond donors (Lipinski definition) is 0. The molecule has 1 aromatic rings. The lowest BCUT2D eigenvalue weighted by molar-refractivity contribution is -0.0592. The number of aryl methyl sites for hydroxylation is 1. The molecule has 1 fully saturated rings. The van der Waals surface area contributed by atoms with E-state index >= 15 is 0 Å². The van der Waals surface area contributed by atoms with Crippen LogP contribution in [0.3, 0.4) is 0 Å². The minimum atomic E-state index is -4.38. The molecule has 0 saturated heterocycles. The van der Waals surface area contributed by atoms with Gasteiger partial charge in [0.1, 0.15) is 5.71 Å². The van der Waals surface area contributed by atoms with Gasteiger partial charge < -0.3 is 0 Å². The van der Waals surface area contributed by atoms with Crippen molar-refractivity contribution in [3.63, 3.8) is 0 Å². The number of alkyl halides is 3. The van der Waals surface area contributed by atoms with E-state index in [0.29, 0.717) is 5.56 Å². The van der Waals surface area contributed by atoms with Crippen molar-refractivity contribution in [2.45, 2.75) is 31.9 Å². The number of rotatable bonds is 4. The number of amidine groups is 1. The van der Waals surface area contributed by atoms with E-state index in [4.69, 9.17) is 0 Å². The lowest BCUT2D eigenvalue weighted by Crippen LogP contribution is -2.23. The second kappa shape index (κ2) is 5.04. The van der Waals surface area contributed by atoms with Crippen LogP contribution in [-0.4, -0.2) is 24.3 Å². The molecule has 1 saturated carbocycles. The molecule has 0 N–H and O–H groups in total. The van der Waals surface area contributed by atoms with Crippen LogP contribution in [-0.2, 0) is 6.42 Å². The van der Waals surface area contributed by atoms with Crippen LogP contribution in [0.4, 0.5) is 13.2 Å². The third kappa shape index (κ3) is 3.08. The highest BCUT2D eigenvalue weighted by atomic mass is 19.4. The predicted molar refractivity (Wildman–Crippen MR) is 72.4 cm³/mol. The van der Waals surface area contributed by atoms with Crippen LogP contribution in [0.25, 0.3) is 0 Å². The molecule has 0 aromatic heterocycles. The summed E-state index contributed by atoms with van der Waals surface area (Å²) in [5.74, 6) is 1.07. The Morgan fingerprint density at radius 2 is 1.80 bits per heavy atom. The van der Waals surface area contributed by atoms with Crippen molar-refractivity contribution in [3.05, 3.63) is 35.4 Å². The van der Waals surface area contributed by atoms with Gasteiger partial charge in [-0.15, -0.1) is 0 Å². The van der Waals surface area contributed by atoms with Gasteiger partial charge in [0.25, 0.3) is 0 Å². The molecule has 1 aromatic carbocycles. The zero-order valence-electron chi connectivity index (χ0n) is 11.0. The fourth-order valence-corrected chi connectivity index (χ4v) is 2.25. The number of nitrogens with zero attached hydrogens (tertiary/aromatic N) is 2. The Labute approximate surface area is 115 Å². The van der Waals surface area contributed by atoms with Gasteiger partial charge in [0, 0.05) is 5.56 Å². The van der Waals surface area contributed by atoms with Crippen molar-refractivity contribution in [1.82, 2.24) is 0 Å². The minimum absolute atomic E-state index is 0.186. The summed E-state index contributed by atoms with van der Waals surface area (Å²) in [5, 5.41) is 0. The van der Waals surface area contributed by atoms with Gasteiger partial charge in [-0.25, -0.2) is 4.99 Å². The molecule has 2 aliphatic rings. The minimum Gasteiger partial charge on any atom is -0.260 e. The third-order valence-electron chi connectivity index (χ3n) is 3.70. The first-order valence-corrected chi connectivity index (χ1v) is 6.81. The van der Waals surface area contributed by atoms with Gasteiger partial charge in [-0.2, -0.15) is 13.2 Å². The summed E-state index contributed by atoms with van der Waals surface area (Å²) in [4.78, 5) is 7.45. The van der Waals surface area contributed by atoms with Crippen molar-refractivity contribution in [2.24, 2.45) is 15.9 Å². The molecule has 0 spiro atoms. The van der Waals surface area contributed by atoms with Gasteiger partial charge in [0.15, 0.2) is 5.84 Å². The largest absolute Gasteiger partial charge is 0.431 e. The molecule has 5 heteroatoms. The fourth-order valence-electron chi connectivity index (χ4n) is 2.25. The van der Waals surface area contributed by atoms with E-state index in [2.05, 4.69) is 9.98 Å². The molecule has 0 unspecified atom stereocenters. The smallest absolute Gasteiger partial charge is 0.260 e. The van der Waals surface area contributed by atoms with Crippen LogP contribution in [0.2, 0.25) is 0 Å². The first-order chi connectivity index (χ1) is 9.52. The zero-order chi connectivity index (χ0) is 14.2. The second-order valence-electron chi connectivity index (χ2n) is 5.38. The Morgan fingerprint density at radius 1 is 1.10 bits per heavy atom.